The summed E-state index contributed by atoms with van der Waals surface area (Å²) in [4.78, 5) is 37.5. The minimum absolute atomic E-state index is 0.0452. The van der Waals surface area contributed by atoms with E-state index in [-0.39, 0.29) is 41.2 Å². The zero-order chi connectivity index (χ0) is 35.7. The second kappa shape index (κ2) is 14.2. The molecule has 0 saturated carbocycles. The molecule has 3 aromatic carbocycles. The maximum absolute atomic E-state index is 13.5. The largest absolute Gasteiger partial charge is 0.497 e. The Bertz CT molecular complexity index is 1900. The Morgan fingerprint density at radius 3 is 2.18 bits per heavy atom. The van der Waals surface area contributed by atoms with Gasteiger partial charge in [-0.25, -0.2) is 0 Å². The van der Waals surface area contributed by atoms with E-state index in [9.17, 15) is 14.4 Å². The lowest BCUT2D eigenvalue weighted by atomic mass is 9.81. The van der Waals surface area contributed by atoms with Crippen molar-refractivity contribution < 1.29 is 47.5 Å². The molecule has 4 atom stereocenters. The monoisotopic (exact) mass is 680 g/mol. The van der Waals surface area contributed by atoms with E-state index in [1.54, 1.807) is 45.6 Å². The summed E-state index contributed by atoms with van der Waals surface area (Å²) >= 11 is 0. The summed E-state index contributed by atoms with van der Waals surface area (Å²) in [5.41, 5.74) is 3.63. The summed E-state index contributed by atoms with van der Waals surface area (Å²) in [6.45, 7) is 8.34. The lowest BCUT2D eigenvalue weighted by Crippen LogP contribution is -2.43. The Morgan fingerprint density at radius 2 is 1.54 bits per heavy atom. The molecule has 0 spiro atoms. The highest BCUT2D eigenvalue weighted by Crippen LogP contribution is 2.50. The molecule has 0 N–H and O–H groups in total. The van der Waals surface area contributed by atoms with Crippen LogP contribution in [-0.4, -0.2) is 64.6 Å². The third kappa shape index (κ3) is 6.21. The van der Waals surface area contributed by atoms with E-state index in [2.05, 4.69) is 20.4 Å². The average molecular weight is 681 g/mol. The minimum atomic E-state index is -0.438. The van der Waals surface area contributed by atoms with Crippen LogP contribution >= 0.6 is 0 Å². The number of benzene rings is 3. The quantitative estimate of drug-likeness (QED) is 0.197. The normalized spacial score (nSPS) is 20.5. The number of ether oxygens (including phenoxy) is 7. The molecule has 50 heavy (non-hydrogen) atoms. The lowest BCUT2D eigenvalue weighted by molar-refractivity contribution is -0.117. The molecule has 0 radical (unpaired) electrons. The number of carbonyl (C=O) groups excluding carboxylic acids is 3. The fourth-order valence-electron chi connectivity index (χ4n) is 6.68. The number of ketones is 3. The SMILES string of the molecule is C=CC(C1=CC(=O)C(OC)=CC1=O)c1ccc(OC)cc1.COc1cc2c(cc1OC)C1C(=O)c3ccc4c(c3OC1CO2)CC(C(C)C)O4. The molecule has 0 amide bonds. The molecule has 0 aromatic heterocycles. The van der Waals surface area contributed by atoms with Crippen molar-refractivity contribution in [1.29, 1.82) is 0 Å². The van der Waals surface area contributed by atoms with Gasteiger partial charge in [0.15, 0.2) is 28.8 Å². The molecule has 0 saturated heterocycles. The molecular weight excluding hydrogens is 640 g/mol. The van der Waals surface area contributed by atoms with Gasteiger partial charge in [0, 0.05) is 41.2 Å². The van der Waals surface area contributed by atoms with E-state index in [1.165, 1.54) is 19.3 Å². The molecule has 10 nitrogen and oxygen atoms in total. The third-order valence-electron chi connectivity index (χ3n) is 9.43. The van der Waals surface area contributed by atoms with Gasteiger partial charge >= 0.3 is 0 Å². The smallest absolute Gasteiger partial charge is 0.220 e. The first kappa shape index (κ1) is 34.4. The van der Waals surface area contributed by atoms with Gasteiger partial charge in [0.05, 0.1) is 39.9 Å². The molecule has 3 aromatic rings. The predicted molar refractivity (Wildman–Crippen MR) is 185 cm³/mol. The second-order valence-electron chi connectivity index (χ2n) is 12.6. The van der Waals surface area contributed by atoms with Gasteiger partial charge in [0.25, 0.3) is 0 Å². The van der Waals surface area contributed by atoms with Crippen LogP contribution < -0.4 is 28.4 Å². The van der Waals surface area contributed by atoms with Gasteiger partial charge in [-0.3, -0.25) is 14.4 Å². The first-order valence-corrected chi connectivity index (χ1v) is 16.4. The van der Waals surface area contributed by atoms with Crippen molar-refractivity contribution in [2.45, 2.75) is 44.3 Å². The molecule has 3 heterocycles. The van der Waals surface area contributed by atoms with Crippen molar-refractivity contribution in [3.63, 3.8) is 0 Å². The fraction of sp³-hybridized carbons (Fsp3) is 0.325. The van der Waals surface area contributed by atoms with E-state index in [4.69, 9.17) is 33.2 Å². The number of fused-ring (bicyclic) bond motifs is 6. The van der Waals surface area contributed by atoms with Gasteiger partial charge in [-0.05, 0) is 47.9 Å². The van der Waals surface area contributed by atoms with Gasteiger partial charge in [0.2, 0.25) is 5.78 Å². The number of methoxy groups -OCH3 is 4. The van der Waals surface area contributed by atoms with Crippen molar-refractivity contribution in [2.24, 2.45) is 5.92 Å². The third-order valence-corrected chi connectivity index (χ3v) is 9.43. The average Bonchev–Trinajstić information content (AvgIpc) is 3.59. The van der Waals surface area contributed by atoms with Crippen LogP contribution in [-0.2, 0) is 20.7 Å². The fourth-order valence-corrected chi connectivity index (χ4v) is 6.68. The van der Waals surface area contributed by atoms with Crippen LogP contribution in [0.4, 0.5) is 0 Å². The van der Waals surface area contributed by atoms with E-state index in [1.807, 2.05) is 30.3 Å². The molecule has 1 aliphatic carbocycles. The second-order valence-corrected chi connectivity index (χ2v) is 12.6. The Hall–Kier alpha value is -5.51. The van der Waals surface area contributed by atoms with Gasteiger partial charge in [-0.2, -0.15) is 0 Å². The van der Waals surface area contributed by atoms with E-state index in [0.717, 1.165) is 34.6 Å². The van der Waals surface area contributed by atoms with Gasteiger partial charge < -0.3 is 33.2 Å². The molecule has 260 valence electrons. The van der Waals surface area contributed by atoms with Crippen LogP contribution in [0.25, 0.3) is 0 Å². The number of hydrogen-bond acceptors (Lipinski definition) is 10. The summed E-state index contributed by atoms with van der Waals surface area (Å²) in [7, 11) is 6.11. The van der Waals surface area contributed by atoms with Crippen LogP contribution in [0.5, 0.6) is 34.5 Å². The van der Waals surface area contributed by atoms with Crippen LogP contribution in [0.1, 0.15) is 52.7 Å². The highest BCUT2D eigenvalue weighted by molar-refractivity contribution is 6.19. The van der Waals surface area contributed by atoms with Crippen molar-refractivity contribution in [3.05, 3.63) is 107 Å². The van der Waals surface area contributed by atoms with Crippen molar-refractivity contribution >= 4 is 17.3 Å². The maximum Gasteiger partial charge on any atom is 0.220 e. The molecular formula is C40H40O10. The summed E-state index contributed by atoms with van der Waals surface area (Å²) in [5, 5.41) is 0. The van der Waals surface area contributed by atoms with Gasteiger partial charge in [0.1, 0.15) is 41.8 Å². The number of carbonyl (C=O) groups is 3. The Balaban J connectivity index is 0.000000183. The minimum Gasteiger partial charge on any atom is -0.497 e. The Labute approximate surface area is 291 Å². The van der Waals surface area contributed by atoms with E-state index < -0.39 is 5.92 Å². The van der Waals surface area contributed by atoms with Crippen LogP contribution in [0.15, 0.2) is 84.7 Å². The van der Waals surface area contributed by atoms with Crippen LogP contribution in [0, 0.1) is 5.92 Å². The van der Waals surface area contributed by atoms with Gasteiger partial charge in [-0.1, -0.05) is 32.1 Å². The Morgan fingerprint density at radius 1 is 0.820 bits per heavy atom. The summed E-state index contributed by atoms with van der Waals surface area (Å²) in [5.74, 6) is 3.12. The highest BCUT2D eigenvalue weighted by atomic mass is 16.5. The number of hydrogen-bond donors (Lipinski definition) is 0. The first-order valence-electron chi connectivity index (χ1n) is 16.4. The number of rotatable bonds is 8. The maximum atomic E-state index is 13.5. The zero-order valence-electron chi connectivity index (χ0n) is 28.9. The van der Waals surface area contributed by atoms with Crippen molar-refractivity contribution in [2.75, 3.05) is 35.0 Å². The molecule has 0 fully saturated rings. The standard InChI is InChI=1S/C23H24O6.C17H16O4/c1-11(2)16-8-14-15(28-16)6-5-12-22(24)21-13-7-18(25-3)19(26-4)9-17(13)27-10-20(21)29-23(12)14;1-4-13(11-5-7-12(20-2)8-6-11)14-9-16(19)17(21-3)10-15(14)18/h5-7,9,11,16,20-21H,8,10H2,1-4H3;4-10,13H,1H2,2-3H3. The molecule has 7 rings (SSSR count). The molecule has 0 bridgehead atoms. The van der Waals surface area contributed by atoms with Crippen molar-refractivity contribution in [3.8, 4) is 34.5 Å². The van der Waals surface area contributed by atoms with Gasteiger partial charge in [-0.15, -0.1) is 6.58 Å². The molecule has 4 unspecified atom stereocenters. The van der Waals surface area contributed by atoms with E-state index >= 15 is 0 Å². The predicted octanol–water partition coefficient (Wildman–Crippen LogP) is 6.36. The zero-order valence-corrected chi connectivity index (χ0v) is 28.9. The molecule has 4 aliphatic rings. The molecule has 10 heteroatoms. The highest BCUT2D eigenvalue weighted by Gasteiger charge is 2.45. The lowest BCUT2D eigenvalue weighted by Gasteiger charge is -2.37. The summed E-state index contributed by atoms with van der Waals surface area (Å²) < 4.78 is 39.1. The summed E-state index contributed by atoms with van der Waals surface area (Å²) in [6.07, 6.45) is 4.65. The topological polar surface area (TPSA) is 116 Å². The number of allylic oxidation sites excluding steroid dienone is 4. The Kier molecular flexibility index (Phi) is 9.72. The first-order chi connectivity index (χ1) is 24.1. The van der Waals surface area contributed by atoms with E-state index in [0.29, 0.717) is 46.7 Å². The number of Topliss-reactive ketones (excluding diaryl/α,β-unsaturated/α-hetero) is 1. The van der Waals surface area contributed by atoms with Crippen molar-refractivity contribution in [1.82, 2.24) is 0 Å². The van der Waals surface area contributed by atoms with Crippen LogP contribution in [0.3, 0.4) is 0 Å². The molecule has 3 aliphatic heterocycles. The summed E-state index contributed by atoms with van der Waals surface area (Å²) in [6, 6.07) is 14.6. The van der Waals surface area contributed by atoms with Crippen LogP contribution in [0.2, 0.25) is 0 Å².